The summed E-state index contributed by atoms with van der Waals surface area (Å²) in [5.41, 5.74) is 3.73. The van der Waals surface area contributed by atoms with Gasteiger partial charge in [-0.15, -0.1) is 0 Å². The zero-order valence-electron chi connectivity index (χ0n) is 10.8. The van der Waals surface area contributed by atoms with Crippen molar-refractivity contribution >= 4 is 0 Å². The molecule has 20 heavy (non-hydrogen) atoms. The van der Waals surface area contributed by atoms with E-state index in [2.05, 4.69) is 16.2 Å². The molecule has 0 bridgehead atoms. The van der Waals surface area contributed by atoms with E-state index < -0.39 is 0 Å². The second-order valence-corrected chi connectivity index (χ2v) is 4.38. The van der Waals surface area contributed by atoms with Crippen LogP contribution >= 0.6 is 0 Å². The molecule has 0 spiro atoms. The van der Waals surface area contributed by atoms with Gasteiger partial charge in [-0.3, -0.25) is 9.67 Å². The van der Waals surface area contributed by atoms with Gasteiger partial charge in [-0.1, -0.05) is 18.2 Å². The highest BCUT2D eigenvalue weighted by Gasteiger charge is 2.08. The van der Waals surface area contributed by atoms with Gasteiger partial charge in [-0.2, -0.15) is 10.4 Å². The van der Waals surface area contributed by atoms with Gasteiger partial charge in [0.05, 0.1) is 23.9 Å². The molecule has 96 valence electrons. The van der Waals surface area contributed by atoms with Gasteiger partial charge in [0.25, 0.3) is 0 Å². The zero-order valence-corrected chi connectivity index (χ0v) is 10.8. The van der Waals surface area contributed by atoms with Crippen LogP contribution in [0.3, 0.4) is 0 Å². The molecule has 0 aliphatic rings. The fourth-order valence-electron chi connectivity index (χ4n) is 2.16. The van der Waals surface area contributed by atoms with Crippen molar-refractivity contribution in [2.45, 2.75) is 6.54 Å². The third kappa shape index (κ3) is 2.29. The molecule has 4 nitrogen and oxygen atoms in total. The van der Waals surface area contributed by atoms with Crippen LogP contribution in [0.15, 0.2) is 61.1 Å². The van der Waals surface area contributed by atoms with E-state index in [1.54, 1.807) is 18.6 Å². The topological polar surface area (TPSA) is 54.5 Å². The van der Waals surface area contributed by atoms with Crippen LogP contribution in [-0.2, 0) is 6.54 Å². The first-order chi connectivity index (χ1) is 9.88. The van der Waals surface area contributed by atoms with E-state index in [0.29, 0.717) is 12.1 Å². The molecule has 3 aromatic rings. The van der Waals surface area contributed by atoms with Gasteiger partial charge < -0.3 is 0 Å². The molecule has 0 aliphatic carbocycles. The molecule has 4 heteroatoms. The molecule has 1 aromatic carbocycles. The van der Waals surface area contributed by atoms with E-state index >= 15 is 0 Å². The lowest BCUT2D eigenvalue weighted by atomic mass is 10.1. The maximum absolute atomic E-state index is 9.15. The number of rotatable bonds is 3. The van der Waals surface area contributed by atoms with Crippen molar-refractivity contribution in [3.8, 4) is 17.3 Å². The van der Waals surface area contributed by atoms with E-state index in [9.17, 15) is 0 Å². The summed E-state index contributed by atoms with van der Waals surface area (Å²) in [6.45, 7) is 0.578. The number of nitrogens with zero attached hydrogens (tertiary/aromatic N) is 4. The Bertz CT molecular complexity index is 753. The maximum atomic E-state index is 9.15. The van der Waals surface area contributed by atoms with Crippen LogP contribution in [0.4, 0.5) is 0 Å². The molecule has 0 saturated carbocycles. The quantitative estimate of drug-likeness (QED) is 0.727. The maximum Gasteiger partial charge on any atom is 0.0995 e. The van der Waals surface area contributed by atoms with Crippen molar-refractivity contribution in [2.75, 3.05) is 0 Å². The zero-order chi connectivity index (χ0) is 13.8. The third-order valence-electron chi connectivity index (χ3n) is 3.15. The fraction of sp³-hybridized carbons (Fsp3) is 0.0625. The summed E-state index contributed by atoms with van der Waals surface area (Å²) in [4.78, 5) is 4.02. The lowest BCUT2D eigenvalue weighted by Gasteiger charge is -2.08. The molecule has 0 aliphatic heterocycles. The predicted octanol–water partition coefficient (Wildman–Crippen LogP) is 2.87. The standard InChI is InChI=1S/C16H12N4/c17-11-14-3-1-2-4-15(14)12-20-16(7-10-19-20)13-5-8-18-9-6-13/h1-10H,12H2. The summed E-state index contributed by atoms with van der Waals surface area (Å²) in [5, 5.41) is 13.5. The van der Waals surface area contributed by atoms with Gasteiger partial charge in [0, 0.05) is 24.2 Å². The second kappa shape index (κ2) is 5.37. The first kappa shape index (κ1) is 12.1. The van der Waals surface area contributed by atoms with Crippen molar-refractivity contribution in [3.63, 3.8) is 0 Å². The van der Waals surface area contributed by atoms with Crippen LogP contribution in [0.25, 0.3) is 11.3 Å². The molecule has 0 atom stereocenters. The van der Waals surface area contributed by atoms with Gasteiger partial charge in [-0.25, -0.2) is 0 Å². The van der Waals surface area contributed by atoms with Crippen molar-refractivity contribution in [1.82, 2.24) is 14.8 Å². The van der Waals surface area contributed by atoms with E-state index in [0.717, 1.165) is 16.8 Å². The monoisotopic (exact) mass is 260 g/mol. The van der Waals surface area contributed by atoms with Crippen molar-refractivity contribution < 1.29 is 0 Å². The molecule has 0 fully saturated rings. The van der Waals surface area contributed by atoms with Gasteiger partial charge in [0.15, 0.2) is 0 Å². The molecule has 2 aromatic heterocycles. The average molecular weight is 260 g/mol. The van der Waals surface area contributed by atoms with Crippen molar-refractivity contribution in [3.05, 3.63) is 72.2 Å². The molecule has 2 heterocycles. The van der Waals surface area contributed by atoms with Gasteiger partial charge in [-0.05, 0) is 29.8 Å². The highest BCUT2D eigenvalue weighted by molar-refractivity contribution is 5.58. The Kier molecular flexibility index (Phi) is 3.25. The van der Waals surface area contributed by atoms with Crippen LogP contribution in [0.1, 0.15) is 11.1 Å². The molecule has 0 saturated heterocycles. The SMILES string of the molecule is N#Cc1ccccc1Cn1nccc1-c1ccncc1. The Balaban J connectivity index is 1.98. The number of hydrogen-bond donors (Lipinski definition) is 0. The first-order valence-corrected chi connectivity index (χ1v) is 6.28. The Labute approximate surface area is 116 Å². The van der Waals surface area contributed by atoms with Crippen LogP contribution in [-0.4, -0.2) is 14.8 Å². The summed E-state index contributed by atoms with van der Waals surface area (Å²) in [6, 6.07) is 15.7. The molecular weight excluding hydrogens is 248 g/mol. The molecule has 0 N–H and O–H groups in total. The normalized spacial score (nSPS) is 10.2. The van der Waals surface area contributed by atoms with Crippen molar-refractivity contribution in [2.24, 2.45) is 0 Å². The van der Waals surface area contributed by atoms with E-state index in [1.165, 1.54) is 0 Å². The summed E-state index contributed by atoms with van der Waals surface area (Å²) >= 11 is 0. The summed E-state index contributed by atoms with van der Waals surface area (Å²) < 4.78 is 1.89. The summed E-state index contributed by atoms with van der Waals surface area (Å²) in [7, 11) is 0. The predicted molar refractivity (Wildman–Crippen MR) is 75.7 cm³/mol. The van der Waals surface area contributed by atoms with Crippen LogP contribution < -0.4 is 0 Å². The minimum absolute atomic E-state index is 0.578. The minimum Gasteiger partial charge on any atom is -0.265 e. The van der Waals surface area contributed by atoms with Crippen LogP contribution in [0.2, 0.25) is 0 Å². The van der Waals surface area contributed by atoms with Crippen molar-refractivity contribution in [1.29, 1.82) is 5.26 Å². The lowest BCUT2D eigenvalue weighted by molar-refractivity contribution is 0.693. The molecular formula is C16H12N4. The molecule has 0 unspecified atom stereocenters. The highest BCUT2D eigenvalue weighted by atomic mass is 15.3. The smallest absolute Gasteiger partial charge is 0.0995 e. The van der Waals surface area contributed by atoms with E-state index in [-0.39, 0.29) is 0 Å². The number of aromatic nitrogens is 3. The van der Waals surface area contributed by atoms with Gasteiger partial charge >= 0.3 is 0 Å². The summed E-state index contributed by atoms with van der Waals surface area (Å²) in [5.74, 6) is 0. The number of pyridine rings is 1. The van der Waals surface area contributed by atoms with Crippen LogP contribution in [0.5, 0.6) is 0 Å². The molecule has 3 rings (SSSR count). The average Bonchev–Trinajstić information content (AvgIpc) is 2.97. The van der Waals surface area contributed by atoms with Crippen LogP contribution in [0, 0.1) is 11.3 Å². The first-order valence-electron chi connectivity index (χ1n) is 6.28. The summed E-state index contributed by atoms with van der Waals surface area (Å²) in [6.07, 6.45) is 5.29. The Morgan fingerprint density at radius 2 is 1.80 bits per heavy atom. The third-order valence-corrected chi connectivity index (χ3v) is 3.15. The number of hydrogen-bond acceptors (Lipinski definition) is 3. The fourth-order valence-corrected chi connectivity index (χ4v) is 2.16. The molecule has 0 radical (unpaired) electrons. The van der Waals surface area contributed by atoms with Gasteiger partial charge in [0.2, 0.25) is 0 Å². The second-order valence-electron chi connectivity index (χ2n) is 4.38. The van der Waals surface area contributed by atoms with E-state index in [4.69, 9.17) is 5.26 Å². The lowest BCUT2D eigenvalue weighted by Crippen LogP contribution is -2.05. The largest absolute Gasteiger partial charge is 0.265 e. The number of benzene rings is 1. The Morgan fingerprint density at radius 3 is 2.60 bits per heavy atom. The Hall–Kier alpha value is -2.93. The van der Waals surface area contributed by atoms with Gasteiger partial charge in [0.1, 0.15) is 0 Å². The number of nitriles is 1. The molecule has 0 amide bonds. The van der Waals surface area contributed by atoms with E-state index in [1.807, 2.05) is 47.1 Å². The highest BCUT2D eigenvalue weighted by Crippen LogP contribution is 2.19. The Morgan fingerprint density at radius 1 is 1.00 bits per heavy atom. The minimum atomic E-state index is 0.578.